The minimum absolute atomic E-state index is 0.0757. The highest BCUT2D eigenvalue weighted by Gasteiger charge is 2.27. The van der Waals surface area contributed by atoms with Crippen molar-refractivity contribution in [3.05, 3.63) is 125 Å². The van der Waals surface area contributed by atoms with Crippen molar-refractivity contribution in [3.8, 4) is 0 Å². The summed E-state index contributed by atoms with van der Waals surface area (Å²) >= 11 is 0. The molecule has 4 aliphatic rings. The van der Waals surface area contributed by atoms with E-state index in [-0.39, 0.29) is 29.7 Å². The molecule has 4 atom stereocenters. The van der Waals surface area contributed by atoms with E-state index in [1.165, 1.54) is 79.1 Å². The van der Waals surface area contributed by atoms with Crippen molar-refractivity contribution < 1.29 is 23.0 Å². The molecule has 1 N–H and O–H groups in total. The number of carbonyl (C=O) groups excluding carboxylic acids is 1. The molecular weight excluding hydrogens is 851 g/mol. The number of amides is 1. The molecule has 382 valence electrons. The van der Waals surface area contributed by atoms with Crippen LogP contribution in [-0.2, 0) is 33.7 Å². The summed E-state index contributed by atoms with van der Waals surface area (Å²) in [6.45, 7) is 33.2. The summed E-state index contributed by atoms with van der Waals surface area (Å²) < 4.78 is 36.9. The summed E-state index contributed by atoms with van der Waals surface area (Å²) in [6.07, 6.45) is 27.0. The molecule has 3 heterocycles. The van der Waals surface area contributed by atoms with Gasteiger partial charge in [-0.3, -0.25) is 9.69 Å². The minimum Gasteiger partial charge on any atom is -0.385 e. The average Bonchev–Trinajstić information content (AvgIpc) is 3.35. The first-order valence-corrected chi connectivity index (χ1v) is 26.5. The zero-order valence-corrected chi connectivity index (χ0v) is 44.6. The first kappa shape index (κ1) is 60.1. The van der Waals surface area contributed by atoms with Crippen LogP contribution in [0.3, 0.4) is 0 Å². The van der Waals surface area contributed by atoms with Gasteiger partial charge < -0.3 is 24.6 Å². The maximum Gasteiger partial charge on any atom is 0.251 e. The van der Waals surface area contributed by atoms with Gasteiger partial charge in [-0.15, -0.1) is 0 Å². The van der Waals surface area contributed by atoms with Gasteiger partial charge in [-0.1, -0.05) is 129 Å². The van der Waals surface area contributed by atoms with E-state index in [0.717, 1.165) is 89.6 Å². The van der Waals surface area contributed by atoms with Crippen LogP contribution in [0.2, 0.25) is 0 Å². The smallest absolute Gasteiger partial charge is 0.251 e. The zero-order chi connectivity index (χ0) is 50.3. The normalized spacial score (nSPS) is 22.3. The number of carbonyl (C=O) groups is 1. The molecule has 0 aromatic heterocycles. The zero-order valence-electron chi connectivity index (χ0n) is 44.6. The molecule has 6 rings (SSSR count). The number of anilines is 1. The minimum atomic E-state index is -0.377. The van der Waals surface area contributed by atoms with E-state index >= 15 is 0 Å². The van der Waals surface area contributed by atoms with Gasteiger partial charge in [0.1, 0.15) is 23.8 Å². The predicted molar refractivity (Wildman–Crippen MR) is 286 cm³/mol. The Bertz CT molecular complexity index is 1850. The fraction of sp³-hybridized carbons (Fsp3) is 0.610. The fourth-order valence-electron chi connectivity index (χ4n) is 8.86. The van der Waals surface area contributed by atoms with Gasteiger partial charge in [0, 0.05) is 70.9 Å². The topological polar surface area (TPSA) is 57.3 Å². The highest BCUT2D eigenvalue weighted by molar-refractivity contribution is 5.80. The number of hydrogen-bond acceptors (Lipinski definition) is 6. The number of morpholine rings is 1. The third-order valence-corrected chi connectivity index (χ3v) is 12.3. The van der Waals surface area contributed by atoms with E-state index in [4.69, 9.17) is 9.47 Å². The maximum absolute atomic E-state index is 12.6. The number of aryl methyl sites for hydroxylation is 2. The average molecular weight is 945 g/mol. The standard InChI is InChI=1S/C28H44N2O.C18H28N2O2.C8H8F2.C3H8.C2H6/c1-5-24-14-15-26-13-10-12-25(19-26)11-8-7-9-16-29-17-18-31-28(22-29)27(6-2)30(21-24)20-23(3)4;1-4-11-22-17(5-2)18(21)20(3)13-14-8-9-16-15(12-14)7-6-10-19-16;1-2-6-5-7(9)3-4-8(6)10;1-3-2;1-2/h5-8,14-15,23,25,28H,1,9-13,16-22H2,2-4H3;8-9,12,17,19H,4-7,10-11,13H2,1-3H3;3-5H,2H2,1H3;3H2,1-2H3;1-2H3/b8-7-,24-14+,26-15-,27-6?;;;;/t25-,28?;;;;/m1..../s1. The predicted octanol–water partition coefficient (Wildman–Crippen LogP) is 14.3. The molecule has 9 heteroatoms. The van der Waals surface area contributed by atoms with Crippen LogP contribution in [0.25, 0.3) is 0 Å². The summed E-state index contributed by atoms with van der Waals surface area (Å²) in [5.41, 5.74) is 8.45. The summed E-state index contributed by atoms with van der Waals surface area (Å²) in [7, 11) is 1.86. The molecule has 1 saturated heterocycles. The van der Waals surface area contributed by atoms with E-state index in [1.54, 1.807) is 17.4 Å². The van der Waals surface area contributed by atoms with E-state index in [1.807, 2.05) is 33.9 Å². The van der Waals surface area contributed by atoms with E-state index < -0.39 is 0 Å². The lowest BCUT2D eigenvalue weighted by Crippen LogP contribution is -2.47. The van der Waals surface area contributed by atoms with Gasteiger partial charge in [-0.2, -0.15) is 0 Å². The Balaban J connectivity index is 0.000000370. The lowest BCUT2D eigenvalue weighted by Gasteiger charge is -2.39. The van der Waals surface area contributed by atoms with Gasteiger partial charge in [-0.05, 0) is 136 Å². The Morgan fingerprint density at radius 3 is 2.44 bits per heavy atom. The quantitative estimate of drug-likeness (QED) is 0.227. The fourth-order valence-corrected chi connectivity index (χ4v) is 8.86. The van der Waals surface area contributed by atoms with Gasteiger partial charge >= 0.3 is 0 Å². The Labute approximate surface area is 414 Å². The molecule has 1 amide bonds. The lowest BCUT2D eigenvalue weighted by molar-refractivity contribution is -0.143. The molecule has 2 aromatic rings. The molecule has 68 heavy (non-hydrogen) atoms. The Morgan fingerprint density at radius 1 is 1.01 bits per heavy atom. The first-order valence-electron chi connectivity index (χ1n) is 26.5. The molecule has 7 nitrogen and oxygen atoms in total. The maximum atomic E-state index is 12.6. The third kappa shape index (κ3) is 22.1. The van der Waals surface area contributed by atoms with Gasteiger partial charge in [0.15, 0.2) is 0 Å². The highest BCUT2D eigenvalue weighted by Crippen LogP contribution is 2.32. The lowest BCUT2D eigenvalue weighted by atomic mass is 9.83. The molecular formula is C59H94F2N4O3. The van der Waals surface area contributed by atoms with Crippen molar-refractivity contribution in [3.63, 3.8) is 0 Å². The Hall–Kier alpha value is -4.05. The number of nitrogens with zero attached hydrogens (tertiary/aromatic N) is 3. The van der Waals surface area contributed by atoms with E-state index in [9.17, 15) is 13.6 Å². The number of ether oxygens (including phenoxy) is 2. The van der Waals surface area contributed by atoms with E-state index in [2.05, 4.69) is 112 Å². The van der Waals surface area contributed by atoms with Crippen molar-refractivity contribution >= 4 is 11.6 Å². The summed E-state index contributed by atoms with van der Waals surface area (Å²) in [6, 6.07) is 9.94. The summed E-state index contributed by atoms with van der Waals surface area (Å²) in [5.74, 6) is 0.777. The number of likely N-dealkylation sites (N-methyl/N-ethyl adjacent to an activating group) is 1. The van der Waals surface area contributed by atoms with Crippen LogP contribution in [0, 0.1) is 23.5 Å². The Kier molecular flexibility index (Phi) is 31.0. The number of fused-ring (bicyclic) bond motifs is 5. The molecule has 4 bridgehead atoms. The number of halogens is 2. The van der Waals surface area contributed by atoms with Crippen molar-refractivity contribution in [2.24, 2.45) is 11.8 Å². The van der Waals surface area contributed by atoms with Crippen LogP contribution >= 0.6 is 0 Å². The van der Waals surface area contributed by atoms with Crippen LogP contribution in [0.15, 0.2) is 96.3 Å². The van der Waals surface area contributed by atoms with Crippen LogP contribution in [0.4, 0.5) is 14.5 Å². The second-order valence-electron chi connectivity index (χ2n) is 18.7. The van der Waals surface area contributed by atoms with Gasteiger partial charge in [-0.25, -0.2) is 8.78 Å². The van der Waals surface area contributed by atoms with Gasteiger partial charge in [0.05, 0.1) is 6.61 Å². The number of benzene rings is 2. The van der Waals surface area contributed by atoms with Crippen LogP contribution in [0.5, 0.6) is 0 Å². The van der Waals surface area contributed by atoms with Crippen LogP contribution in [-0.4, -0.2) is 92.3 Å². The number of rotatable bonds is 11. The van der Waals surface area contributed by atoms with Gasteiger partial charge in [0.25, 0.3) is 5.91 Å². The van der Waals surface area contributed by atoms with Crippen molar-refractivity contribution in [2.75, 3.05) is 64.8 Å². The molecule has 0 radical (unpaired) electrons. The third-order valence-electron chi connectivity index (χ3n) is 12.3. The largest absolute Gasteiger partial charge is 0.385 e. The summed E-state index contributed by atoms with van der Waals surface area (Å²) in [4.78, 5) is 19.4. The Morgan fingerprint density at radius 2 is 1.78 bits per heavy atom. The van der Waals surface area contributed by atoms with Crippen LogP contribution in [0.1, 0.15) is 150 Å². The molecule has 3 aliphatic heterocycles. The first-order chi connectivity index (χ1) is 32.9. The second-order valence-corrected chi connectivity index (χ2v) is 18.7. The molecule has 2 fully saturated rings. The van der Waals surface area contributed by atoms with Crippen molar-refractivity contribution in [2.45, 2.75) is 165 Å². The van der Waals surface area contributed by atoms with Crippen LogP contribution < -0.4 is 5.32 Å². The monoisotopic (exact) mass is 945 g/mol. The SMILES string of the molecule is C=C/C1=C\C=C2\CCC[C@@H](C/C=C\CCN3CCOC(C3)C(=CC)N(CC(C)C)C1)C2.CC.CCC.CCCOC(CC)C(=O)N(C)Cc1ccc2c(c1)CCCN2.CCc1cc(F)ccc1F. The molecule has 2 aromatic carbocycles. The van der Waals surface area contributed by atoms with Crippen molar-refractivity contribution in [1.82, 2.24) is 14.7 Å². The number of allylic oxidation sites excluding steroid dienone is 5. The molecule has 0 spiro atoms. The molecule has 3 unspecified atom stereocenters. The molecule has 1 aliphatic carbocycles. The number of nitrogens with one attached hydrogen (secondary N) is 1. The molecule has 1 saturated carbocycles. The summed E-state index contributed by atoms with van der Waals surface area (Å²) in [5, 5.41) is 3.42. The second kappa shape index (κ2) is 35.1. The highest BCUT2D eigenvalue weighted by atomic mass is 19.1. The number of hydrogen-bond donors (Lipinski definition) is 1. The van der Waals surface area contributed by atoms with E-state index in [0.29, 0.717) is 31.1 Å². The van der Waals surface area contributed by atoms with Gasteiger partial charge in [0.2, 0.25) is 0 Å². The van der Waals surface area contributed by atoms with Crippen molar-refractivity contribution in [1.29, 1.82) is 0 Å².